The lowest BCUT2D eigenvalue weighted by atomic mass is 10.1. The predicted octanol–water partition coefficient (Wildman–Crippen LogP) is 3.89. The number of hydrogen-bond acceptors (Lipinski definition) is 4. The molecule has 0 aliphatic rings. The molecule has 2 aromatic heterocycles. The Bertz CT molecular complexity index is 900. The number of carbonyl (C=O) groups is 1. The topological polar surface area (TPSA) is 58.4 Å². The Morgan fingerprint density at radius 3 is 2.92 bits per heavy atom. The summed E-state index contributed by atoms with van der Waals surface area (Å²) < 4.78 is 5.99. The number of rotatable bonds is 6. The molecule has 0 fully saturated rings. The molecule has 0 spiro atoms. The summed E-state index contributed by atoms with van der Waals surface area (Å²) in [5, 5.41) is 4.47. The Morgan fingerprint density at radius 1 is 1.36 bits per heavy atom. The Morgan fingerprint density at radius 2 is 2.20 bits per heavy atom. The van der Waals surface area contributed by atoms with Crippen LogP contribution in [0.4, 0.5) is 5.69 Å². The number of hydrogen-bond donors (Lipinski definition) is 1. The van der Waals surface area contributed by atoms with Crippen molar-refractivity contribution in [3.05, 3.63) is 72.3 Å². The highest BCUT2D eigenvalue weighted by atomic mass is 16.3. The molecule has 5 heteroatoms. The summed E-state index contributed by atoms with van der Waals surface area (Å²) in [6.45, 7) is 6.64. The van der Waals surface area contributed by atoms with Gasteiger partial charge in [0.2, 0.25) is 5.91 Å². The molecule has 0 saturated carbocycles. The van der Waals surface area contributed by atoms with Gasteiger partial charge in [0.1, 0.15) is 11.3 Å². The van der Waals surface area contributed by atoms with Crippen molar-refractivity contribution in [1.29, 1.82) is 0 Å². The lowest BCUT2D eigenvalue weighted by Gasteiger charge is -2.13. The second-order valence-electron chi connectivity index (χ2n) is 5.93. The zero-order valence-corrected chi connectivity index (χ0v) is 14.5. The van der Waals surface area contributed by atoms with Gasteiger partial charge in [-0.1, -0.05) is 18.7 Å². The number of pyridine rings is 1. The van der Waals surface area contributed by atoms with Crippen LogP contribution in [0.2, 0.25) is 0 Å². The van der Waals surface area contributed by atoms with E-state index in [0.717, 1.165) is 33.5 Å². The summed E-state index contributed by atoms with van der Waals surface area (Å²) in [6.07, 6.45) is 4.85. The third-order valence-electron chi connectivity index (χ3n) is 4.22. The molecule has 0 saturated heterocycles. The molecule has 5 nitrogen and oxygen atoms in total. The number of likely N-dealkylation sites (N-methyl/N-ethyl adjacent to an activating group) is 1. The van der Waals surface area contributed by atoms with Gasteiger partial charge in [0.05, 0.1) is 12.2 Å². The summed E-state index contributed by atoms with van der Waals surface area (Å²) >= 11 is 0. The number of amides is 1. The number of furan rings is 1. The van der Waals surface area contributed by atoms with E-state index in [-0.39, 0.29) is 5.91 Å². The average Bonchev–Trinajstić information content (AvgIpc) is 2.96. The van der Waals surface area contributed by atoms with E-state index in [1.54, 1.807) is 24.3 Å². The predicted molar refractivity (Wildman–Crippen MR) is 99.2 cm³/mol. The second-order valence-corrected chi connectivity index (χ2v) is 5.93. The van der Waals surface area contributed by atoms with Crippen LogP contribution in [0.5, 0.6) is 0 Å². The maximum absolute atomic E-state index is 11.7. The average molecular weight is 335 g/mol. The fraction of sp³-hybridized carbons (Fsp3) is 0.200. The first-order chi connectivity index (χ1) is 12.1. The van der Waals surface area contributed by atoms with E-state index >= 15 is 0 Å². The molecule has 2 heterocycles. The van der Waals surface area contributed by atoms with E-state index in [1.807, 2.05) is 31.2 Å². The molecule has 0 unspecified atom stereocenters. The molecular formula is C20H21N3O2. The van der Waals surface area contributed by atoms with Crippen LogP contribution in [-0.2, 0) is 17.9 Å². The maximum atomic E-state index is 11.7. The van der Waals surface area contributed by atoms with E-state index in [9.17, 15) is 4.79 Å². The summed E-state index contributed by atoms with van der Waals surface area (Å²) in [4.78, 5) is 17.4. The lowest BCUT2D eigenvalue weighted by molar-refractivity contribution is -0.125. The van der Waals surface area contributed by atoms with E-state index < -0.39 is 0 Å². The van der Waals surface area contributed by atoms with Crippen LogP contribution >= 0.6 is 0 Å². The van der Waals surface area contributed by atoms with E-state index in [0.29, 0.717) is 13.1 Å². The Kier molecular flexibility index (Phi) is 4.84. The van der Waals surface area contributed by atoms with Crippen molar-refractivity contribution in [2.24, 2.45) is 0 Å². The first-order valence-electron chi connectivity index (χ1n) is 8.11. The zero-order chi connectivity index (χ0) is 17.8. The zero-order valence-electron chi connectivity index (χ0n) is 14.5. The molecule has 0 aliphatic carbocycles. The fourth-order valence-corrected chi connectivity index (χ4v) is 2.85. The first-order valence-corrected chi connectivity index (χ1v) is 8.11. The van der Waals surface area contributed by atoms with Crippen molar-refractivity contribution in [2.45, 2.75) is 20.0 Å². The molecule has 0 bridgehead atoms. The highest BCUT2D eigenvalue weighted by Gasteiger charge is 2.16. The number of carbonyl (C=O) groups excluding carboxylic acids is 1. The molecule has 1 amide bonds. The van der Waals surface area contributed by atoms with Gasteiger partial charge in [-0.05, 0) is 36.8 Å². The van der Waals surface area contributed by atoms with Gasteiger partial charge in [-0.3, -0.25) is 9.78 Å². The molecular weight excluding hydrogens is 314 g/mol. The monoisotopic (exact) mass is 335 g/mol. The smallest absolute Gasteiger partial charge is 0.246 e. The summed E-state index contributed by atoms with van der Waals surface area (Å²) in [7, 11) is 1.74. The Hall–Kier alpha value is -3.08. The number of aryl methyl sites for hydroxylation is 1. The number of benzene rings is 1. The Balaban J connectivity index is 1.87. The maximum Gasteiger partial charge on any atom is 0.246 e. The van der Waals surface area contributed by atoms with Crippen LogP contribution in [0.1, 0.15) is 16.9 Å². The van der Waals surface area contributed by atoms with Crippen LogP contribution in [-0.4, -0.2) is 22.8 Å². The second kappa shape index (κ2) is 7.21. The van der Waals surface area contributed by atoms with Crippen molar-refractivity contribution >= 4 is 22.6 Å². The van der Waals surface area contributed by atoms with Crippen LogP contribution in [0.25, 0.3) is 11.0 Å². The molecule has 1 N–H and O–H groups in total. The molecule has 128 valence electrons. The van der Waals surface area contributed by atoms with Gasteiger partial charge in [-0.2, -0.15) is 0 Å². The van der Waals surface area contributed by atoms with Gasteiger partial charge in [-0.25, -0.2) is 0 Å². The highest BCUT2D eigenvalue weighted by molar-refractivity contribution is 5.88. The third-order valence-corrected chi connectivity index (χ3v) is 4.22. The summed E-state index contributed by atoms with van der Waals surface area (Å²) in [6, 6.07) is 9.90. The van der Waals surface area contributed by atoms with Crippen LogP contribution < -0.4 is 5.32 Å². The number of fused-ring (bicyclic) bond motifs is 1. The van der Waals surface area contributed by atoms with E-state index in [1.165, 1.54) is 6.08 Å². The van der Waals surface area contributed by atoms with Crippen molar-refractivity contribution in [2.75, 3.05) is 12.4 Å². The van der Waals surface area contributed by atoms with Gasteiger partial charge in [-0.15, -0.1) is 0 Å². The normalized spacial score (nSPS) is 10.6. The largest absolute Gasteiger partial charge is 0.459 e. The van der Waals surface area contributed by atoms with Gasteiger partial charge < -0.3 is 14.6 Å². The quantitative estimate of drug-likeness (QED) is 0.694. The minimum atomic E-state index is -0.127. The van der Waals surface area contributed by atoms with Crippen molar-refractivity contribution in [3.63, 3.8) is 0 Å². The molecule has 0 aliphatic heterocycles. The first kappa shape index (κ1) is 16.8. The summed E-state index contributed by atoms with van der Waals surface area (Å²) in [5.41, 5.74) is 4.00. The van der Waals surface area contributed by atoms with Gasteiger partial charge in [0.15, 0.2) is 0 Å². The number of anilines is 1. The fourth-order valence-electron chi connectivity index (χ4n) is 2.85. The van der Waals surface area contributed by atoms with Crippen molar-refractivity contribution in [3.8, 4) is 0 Å². The van der Waals surface area contributed by atoms with Gasteiger partial charge in [0.25, 0.3) is 0 Å². The van der Waals surface area contributed by atoms with E-state index in [2.05, 4.69) is 22.9 Å². The van der Waals surface area contributed by atoms with Gasteiger partial charge in [0, 0.05) is 36.9 Å². The highest BCUT2D eigenvalue weighted by Crippen LogP contribution is 2.29. The third kappa shape index (κ3) is 3.55. The SMILES string of the molecule is C=CC(=O)N(C)Cc1oc2cccc(CNc3cccnc3)c2c1C. The molecule has 1 aromatic carbocycles. The molecule has 0 radical (unpaired) electrons. The van der Waals surface area contributed by atoms with Crippen LogP contribution in [0.15, 0.2) is 59.8 Å². The lowest BCUT2D eigenvalue weighted by Crippen LogP contribution is -2.23. The number of aromatic nitrogens is 1. The van der Waals surface area contributed by atoms with Crippen molar-refractivity contribution in [1.82, 2.24) is 9.88 Å². The van der Waals surface area contributed by atoms with Gasteiger partial charge >= 0.3 is 0 Å². The minimum Gasteiger partial charge on any atom is -0.459 e. The molecule has 25 heavy (non-hydrogen) atoms. The molecule has 0 atom stereocenters. The standard InChI is InChI=1S/C20H21N3O2/c1-4-19(24)23(3)13-18-14(2)20-15(7-5-9-17(20)25-18)11-22-16-8-6-10-21-12-16/h4-10,12,22H,1,11,13H2,2-3H3. The van der Waals surface area contributed by atoms with Crippen molar-refractivity contribution < 1.29 is 9.21 Å². The Labute approximate surface area is 147 Å². The van der Waals surface area contributed by atoms with Crippen LogP contribution in [0, 0.1) is 6.92 Å². The molecule has 3 aromatic rings. The minimum absolute atomic E-state index is 0.127. The summed E-state index contributed by atoms with van der Waals surface area (Å²) in [5.74, 6) is 0.667. The van der Waals surface area contributed by atoms with E-state index in [4.69, 9.17) is 4.42 Å². The van der Waals surface area contributed by atoms with Crippen LogP contribution in [0.3, 0.4) is 0 Å². The molecule has 3 rings (SSSR count). The number of nitrogens with one attached hydrogen (secondary N) is 1. The number of nitrogens with zero attached hydrogens (tertiary/aromatic N) is 2.